The molecule has 1 fully saturated rings. The maximum Gasteiger partial charge on any atom is 0.306 e. The van der Waals surface area contributed by atoms with Gasteiger partial charge in [0.05, 0.1) is 12.2 Å². The van der Waals surface area contributed by atoms with Gasteiger partial charge in [-0.05, 0) is 48.3 Å². The lowest BCUT2D eigenvalue weighted by Gasteiger charge is -2.46. The molecular weight excluding hydrogens is 470 g/mol. The summed E-state index contributed by atoms with van der Waals surface area (Å²) in [6.45, 7) is 4.14. The maximum atomic E-state index is 13.5. The summed E-state index contributed by atoms with van der Waals surface area (Å²) in [5.41, 5.74) is 2.81. The summed E-state index contributed by atoms with van der Waals surface area (Å²) in [4.78, 5) is 49.8. The van der Waals surface area contributed by atoms with E-state index in [1.165, 1.54) is 6.07 Å². The fraction of sp³-hybridized carbons (Fsp3) is 0.462. The van der Waals surface area contributed by atoms with Crippen LogP contribution in [0.2, 0.25) is 0 Å². The first-order valence-corrected chi connectivity index (χ1v) is 11.8. The third-order valence-electron chi connectivity index (χ3n) is 7.22. The van der Waals surface area contributed by atoms with Gasteiger partial charge < -0.3 is 30.9 Å². The third-order valence-corrected chi connectivity index (χ3v) is 7.22. The monoisotopic (exact) mass is 499 g/mol. The van der Waals surface area contributed by atoms with Gasteiger partial charge in [0.1, 0.15) is 22.8 Å². The molecular formula is C26H29NO9. The van der Waals surface area contributed by atoms with Gasteiger partial charge in [-0.2, -0.15) is 0 Å². The molecule has 1 aromatic carbocycles. The number of esters is 1. The number of fused-ring (bicyclic) bond motifs is 3. The minimum Gasteiger partial charge on any atom is -0.508 e. The summed E-state index contributed by atoms with van der Waals surface area (Å²) >= 11 is 0. The molecule has 0 spiro atoms. The van der Waals surface area contributed by atoms with E-state index < -0.39 is 52.0 Å². The van der Waals surface area contributed by atoms with Crippen LogP contribution >= 0.6 is 0 Å². The Morgan fingerprint density at radius 2 is 1.86 bits per heavy atom. The Hall–Kier alpha value is -3.66. The van der Waals surface area contributed by atoms with Gasteiger partial charge in [-0.15, -0.1) is 0 Å². The smallest absolute Gasteiger partial charge is 0.306 e. The Bertz CT molecular complexity index is 1240. The van der Waals surface area contributed by atoms with Gasteiger partial charge in [0.25, 0.3) is 5.91 Å². The fourth-order valence-electron chi connectivity index (χ4n) is 5.49. The topological polar surface area (TPSA) is 184 Å². The van der Waals surface area contributed by atoms with E-state index in [0.29, 0.717) is 17.7 Å². The van der Waals surface area contributed by atoms with Crippen LogP contribution in [-0.4, -0.2) is 56.1 Å². The number of benzene rings is 1. The molecule has 0 saturated heterocycles. The fourth-order valence-corrected chi connectivity index (χ4v) is 5.49. The Labute approximate surface area is 207 Å². The number of nitrogens with two attached hydrogens (primary N) is 1. The molecule has 3 atom stereocenters. The predicted octanol–water partition coefficient (Wildman–Crippen LogP) is 1.56. The molecule has 10 heteroatoms. The summed E-state index contributed by atoms with van der Waals surface area (Å²) in [5.74, 6) is -6.88. The Balaban J connectivity index is 1.73. The molecule has 0 unspecified atom stereocenters. The lowest BCUT2D eigenvalue weighted by atomic mass is 9.59. The molecule has 4 rings (SSSR count). The van der Waals surface area contributed by atoms with Gasteiger partial charge >= 0.3 is 5.97 Å². The normalized spacial score (nSPS) is 25.4. The van der Waals surface area contributed by atoms with Crippen LogP contribution in [-0.2, 0) is 36.8 Å². The first-order chi connectivity index (χ1) is 16.9. The SMILES string of the molecule is CC(C)COC(=O)CCc1ccc(O)c2c1C[C@H]1C[C@H]3CC(=O)C(C(N)=O)=C(O)[C@@]3(O)C(=O)C1=C2O. The lowest BCUT2D eigenvalue weighted by molar-refractivity contribution is -0.147. The van der Waals surface area contributed by atoms with Crippen LogP contribution < -0.4 is 5.73 Å². The molecule has 1 aromatic rings. The van der Waals surface area contributed by atoms with Gasteiger partial charge in [-0.25, -0.2) is 0 Å². The standard InChI is InChI=1S/C26H29NO9/c1-11(2)10-36-18(30)6-4-12-3-5-16(28)20-15(12)8-13-7-14-9-17(29)21(25(27)34)24(33)26(14,35)23(32)19(13)22(20)31/h3,5,11,13-14,28,31,33,35H,4,6-10H2,1-2H3,(H2,27,34)/t13-,14+,26+/m1/s1. The number of carbonyl (C=O) groups is 4. The van der Waals surface area contributed by atoms with Crippen molar-refractivity contribution < 1.29 is 44.3 Å². The van der Waals surface area contributed by atoms with Crippen molar-refractivity contribution in [2.45, 2.75) is 51.6 Å². The zero-order valence-corrected chi connectivity index (χ0v) is 20.0. The highest BCUT2D eigenvalue weighted by Crippen LogP contribution is 2.52. The van der Waals surface area contributed by atoms with E-state index in [1.807, 2.05) is 13.8 Å². The molecule has 10 nitrogen and oxygen atoms in total. The van der Waals surface area contributed by atoms with Gasteiger partial charge in [0.15, 0.2) is 11.4 Å². The van der Waals surface area contributed by atoms with Gasteiger partial charge in [0, 0.05) is 24.3 Å². The van der Waals surface area contributed by atoms with Crippen molar-refractivity contribution >= 4 is 29.2 Å². The number of hydrogen-bond acceptors (Lipinski definition) is 9. The quantitative estimate of drug-likeness (QED) is 0.286. The number of hydrogen-bond donors (Lipinski definition) is 5. The minimum atomic E-state index is -2.59. The molecule has 0 aliphatic heterocycles. The number of aromatic hydroxyl groups is 1. The van der Waals surface area contributed by atoms with Crippen molar-refractivity contribution in [3.8, 4) is 5.75 Å². The number of amides is 1. The number of carbonyl (C=O) groups excluding carboxylic acids is 4. The lowest BCUT2D eigenvalue weighted by Crippen LogP contribution is -2.58. The summed E-state index contributed by atoms with van der Waals surface area (Å²) in [7, 11) is 0. The molecule has 3 aliphatic rings. The maximum absolute atomic E-state index is 13.5. The zero-order chi connectivity index (χ0) is 26.5. The number of primary amides is 1. The van der Waals surface area contributed by atoms with Crippen molar-refractivity contribution in [2.24, 2.45) is 23.5 Å². The number of ether oxygens (including phenoxy) is 1. The Kier molecular flexibility index (Phi) is 6.42. The number of aliphatic hydroxyl groups excluding tert-OH is 2. The number of Topliss-reactive ketones (excluding diaryl/α,β-unsaturated/α-hetero) is 2. The molecule has 3 aliphatic carbocycles. The van der Waals surface area contributed by atoms with Crippen molar-refractivity contribution in [1.29, 1.82) is 0 Å². The summed E-state index contributed by atoms with van der Waals surface area (Å²) in [6, 6.07) is 2.98. The number of aliphatic hydroxyl groups is 3. The van der Waals surface area contributed by atoms with E-state index in [1.54, 1.807) is 6.07 Å². The van der Waals surface area contributed by atoms with Gasteiger partial charge in [0.2, 0.25) is 5.78 Å². The molecule has 36 heavy (non-hydrogen) atoms. The number of phenols is 1. The first kappa shape index (κ1) is 25.4. The zero-order valence-electron chi connectivity index (χ0n) is 20.0. The van der Waals surface area contributed by atoms with E-state index in [9.17, 15) is 39.6 Å². The average Bonchev–Trinajstić information content (AvgIpc) is 2.79. The second-order valence-electron chi connectivity index (χ2n) is 10.1. The van der Waals surface area contributed by atoms with Crippen molar-refractivity contribution in [2.75, 3.05) is 6.61 Å². The largest absolute Gasteiger partial charge is 0.508 e. The van der Waals surface area contributed by atoms with Crippen LogP contribution in [0.25, 0.3) is 5.76 Å². The van der Waals surface area contributed by atoms with Gasteiger partial charge in [-0.1, -0.05) is 19.9 Å². The van der Waals surface area contributed by atoms with E-state index in [2.05, 4.69) is 0 Å². The van der Waals surface area contributed by atoms with Crippen molar-refractivity contribution in [3.63, 3.8) is 0 Å². The van der Waals surface area contributed by atoms with Crippen molar-refractivity contribution in [3.05, 3.63) is 45.7 Å². The summed E-state index contributed by atoms with van der Waals surface area (Å²) in [6.07, 6.45) is 0.223. The second-order valence-corrected chi connectivity index (χ2v) is 10.1. The highest BCUT2D eigenvalue weighted by Gasteiger charge is 2.60. The second kappa shape index (κ2) is 9.09. The van der Waals surface area contributed by atoms with E-state index in [-0.39, 0.29) is 60.9 Å². The number of aryl methyl sites for hydroxylation is 1. The Morgan fingerprint density at radius 3 is 2.50 bits per heavy atom. The highest BCUT2D eigenvalue weighted by molar-refractivity contribution is 6.22. The number of rotatable bonds is 6. The van der Waals surface area contributed by atoms with Crippen LogP contribution in [0.3, 0.4) is 0 Å². The first-order valence-electron chi connectivity index (χ1n) is 11.8. The Morgan fingerprint density at radius 1 is 1.17 bits per heavy atom. The van der Waals surface area contributed by atoms with Gasteiger partial charge in [-0.3, -0.25) is 19.2 Å². The molecule has 1 saturated carbocycles. The predicted molar refractivity (Wildman–Crippen MR) is 126 cm³/mol. The van der Waals surface area contributed by atoms with Crippen molar-refractivity contribution in [1.82, 2.24) is 0 Å². The molecule has 0 radical (unpaired) electrons. The summed E-state index contributed by atoms with van der Waals surface area (Å²) < 4.78 is 5.22. The van der Waals surface area contributed by atoms with Crippen LogP contribution in [0.1, 0.15) is 49.8 Å². The van der Waals surface area contributed by atoms with E-state index in [4.69, 9.17) is 10.5 Å². The van der Waals surface area contributed by atoms with Crippen LogP contribution in [0, 0.1) is 17.8 Å². The molecule has 0 heterocycles. The number of phenolic OH excluding ortho intramolecular Hbond substituents is 1. The molecule has 0 bridgehead atoms. The summed E-state index contributed by atoms with van der Waals surface area (Å²) in [5, 5.41) is 43.5. The molecule has 1 amide bonds. The van der Waals surface area contributed by atoms with E-state index >= 15 is 0 Å². The van der Waals surface area contributed by atoms with Crippen LogP contribution in [0.15, 0.2) is 29.0 Å². The van der Waals surface area contributed by atoms with Crippen LogP contribution in [0.5, 0.6) is 5.75 Å². The molecule has 192 valence electrons. The average molecular weight is 500 g/mol. The number of ketones is 2. The third kappa shape index (κ3) is 3.95. The molecule has 6 N–H and O–H groups in total. The van der Waals surface area contributed by atoms with E-state index in [0.717, 1.165) is 0 Å². The molecule has 0 aromatic heterocycles. The van der Waals surface area contributed by atoms with Crippen LogP contribution in [0.4, 0.5) is 0 Å². The highest BCUT2D eigenvalue weighted by atomic mass is 16.5. The minimum absolute atomic E-state index is 0.00942.